The van der Waals surface area contributed by atoms with E-state index in [-0.39, 0.29) is 19.3 Å². The Hall–Kier alpha value is -3.46. The number of piperazine rings is 1. The molecule has 3 aromatic carbocycles. The number of benzene rings is 3. The summed E-state index contributed by atoms with van der Waals surface area (Å²) < 4.78 is 18.0. The molecule has 3 aromatic rings. The number of carbonyl (C=O) groups excluding carboxylic acids is 2. The van der Waals surface area contributed by atoms with Crippen LogP contribution in [0.5, 0.6) is 0 Å². The number of nitrogens with zero attached hydrogens (tertiary/aromatic N) is 2. The molecule has 1 spiro atoms. The number of rotatable bonds is 9. The first-order chi connectivity index (χ1) is 19.9. The maximum absolute atomic E-state index is 12.5. The minimum Gasteiger partial charge on any atom is -0.404 e. The molecule has 41 heavy (non-hydrogen) atoms. The fourth-order valence-electron chi connectivity index (χ4n) is 4.91. The molecule has 0 aliphatic carbocycles. The van der Waals surface area contributed by atoms with Gasteiger partial charge in [0.15, 0.2) is 0 Å². The largest absolute Gasteiger partial charge is 0.404 e. The highest BCUT2D eigenvalue weighted by molar-refractivity contribution is 6.30. The van der Waals surface area contributed by atoms with Crippen molar-refractivity contribution in [1.82, 2.24) is 9.80 Å². The monoisotopic (exact) mass is 592 g/mol. The lowest BCUT2D eigenvalue weighted by atomic mass is 10.0. The summed E-state index contributed by atoms with van der Waals surface area (Å²) in [7, 11) is 0. The van der Waals surface area contributed by atoms with E-state index in [1.54, 1.807) is 0 Å². The molecule has 0 radical (unpaired) electrons. The van der Waals surface area contributed by atoms with E-state index in [2.05, 4.69) is 4.90 Å². The summed E-state index contributed by atoms with van der Waals surface area (Å²) in [6, 6.07) is 25.0. The predicted octanol–water partition coefficient (Wildman–Crippen LogP) is 5.74. The van der Waals surface area contributed by atoms with Crippen LogP contribution in [0.4, 0.5) is 0 Å². The van der Waals surface area contributed by atoms with Crippen LogP contribution < -0.4 is 0 Å². The molecule has 0 bridgehead atoms. The molecule has 2 aliphatic heterocycles. The molecule has 0 unspecified atom stereocenters. The minimum absolute atomic E-state index is 0.198. The Morgan fingerprint density at radius 2 is 1.41 bits per heavy atom. The standard InChI is InChI=1S/C32H30Cl2N2O5/c33-27-12-8-25(9-13-27)31(26-10-14-28(34)15-11-26)39-22-21-36-20-19-35(18-4-7-24-5-2-1-3-6-24)23-32(36)40-29(37)16-17-30(38)41-32/h1-17,31H,18-23H2/b7-4+. The van der Waals surface area contributed by atoms with E-state index in [0.717, 1.165) is 28.8 Å². The first-order valence-corrected chi connectivity index (χ1v) is 14.1. The maximum atomic E-state index is 12.5. The van der Waals surface area contributed by atoms with Crippen LogP contribution >= 0.6 is 23.2 Å². The molecular formula is C32H30Cl2N2O5. The summed E-state index contributed by atoms with van der Waals surface area (Å²) >= 11 is 12.2. The number of carbonyl (C=O) groups is 2. The van der Waals surface area contributed by atoms with Crippen LogP contribution in [0.15, 0.2) is 97.1 Å². The van der Waals surface area contributed by atoms with Gasteiger partial charge in [0.25, 0.3) is 0 Å². The number of ether oxygens (including phenoxy) is 3. The van der Waals surface area contributed by atoms with Gasteiger partial charge in [-0.15, -0.1) is 0 Å². The van der Waals surface area contributed by atoms with Crippen molar-refractivity contribution in [2.75, 3.05) is 39.3 Å². The van der Waals surface area contributed by atoms with Crippen molar-refractivity contribution < 1.29 is 23.8 Å². The first kappa shape index (κ1) is 29.0. The Labute approximate surface area is 249 Å². The molecule has 1 fully saturated rings. The quantitative estimate of drug-likeness (QED) is 0.293. The Bertz CT molecular complexity index is 1330. The highest BCUT2D eigenvalue weighted by atomic mass is 35.5. The second kappa shape index (κ2) is 13.5. The van der Waals surface area contributed by atoms with Crippen LogP contribution in [0.25, 0.3) is 6.08 Å². The van der Waals surface area contributed by atoms with E-state index in [4.69, 9.17) is 37.4 Å². The molecule has 1 saturated heterocycles. The van der Waals surface area contributed by atoms with Crippen LogP contribution in [0.3, 0.4) is 0 Å². The van der Waals surface area contributed by atoms with Gasteiger partial charge in [-0.1, -0.05) is 90.0 Å². The van der Waals surface area contributed by atoms with Crippen molar-refractivity contribution >= 4 is 41.2 Å². The molecule has 0 atom stereocenters. The molecule has 212 valence electrons. The van der Waals surface area contributed by atoms with Crippen molar-refractivity contribution in [2.45, 2.75) is 12.0 Å². The molecule has 7 nitrogen and oxygen atoms in total. The second-order valence-electron chi connectivity index (χ2n) is 9.78. The van der Waals surface area contributed by atoms with Gasteiger partial charge in [-0.05, 0) is 41.0 Å². The van der Waals surface area contributed by atoms with Gasteiger partial charge < -0.3 is 14.2 Å². The Kier molecular flexibility index (Phi) is 9.54. The molecule has 0 N–H and O–H groups in total. The van der Waals surface area contributed by atoms with E-state index in [1.165, 1.54) is 0 Å². The first-order valence-electron chi connectivity index (χ1n) is 13.4. The van der Waals surface area contributed by atoms with Crippen LogP contribution in [0.1, 0.15) is 22.8 Å². The number of esters is 2. The van der Waals surface area contributed by atoms with Gasteiger partial charge in [-0.25, -0.2) is 14.5 Å². The Morgan fingerprint density at radius 1 is 0.829 bits per heavy atom. The zero-order valence-electron chi connectivity index (χ0n) is 22.3. The molecular weight excluding hydrogens is 563 g/mol. The van der Waals surface area contributed by atoms with E-state index < -0.39 is 17.8 Å². The second-order valence-corrected chi connectivity index (χ2v) is 10.7. The van der Waals surface area contributed by atoms with Crippen molar-refractivity contribution in [2.24, 2.45) is 0 Å². The highest BCUT2D eigenvalue weighted by Crippen LogP contribution is 2.30. The lowest BCUT2D eigenvalue weighted by molar-refractivity contribution is -0.300. The van der Waals surface area contributed by atoms with Gasteiger partial charge in [0.1, 0.15) is 6.10 Å². The van der Waals surface area contributed by atoms with Crippen LogP contribution in [-0.4, -0.2) is 67.0 Å². The zero-order valence-corrected chi connectivity index (χ0v) is 23.8. The average Bonchev–Trinajstić information content (AvgIpc) is 3.11. The fraction of sp³-hybridized carbons (Fsp3) is 0.250. The molecule has 0 saturated carbocycles. The molecule has 0 aromatic heterocycles. The smallest absolute Gasteiger partial charge is 0.335 e. The lowest BCUT2D eigenvalue weighted by Gasteiger charge is -2.47. The van der Waals surface area contributed by atoms with Crippen LogP contribution in [0.2, 0.25) is 10.0 Å². The fourth-order valence-corrected chi connectivity index (χ4v) is 5.16. The number of halogens is 2. The third kappa shape index (κ3) is 7.64. The normalized spacial score (nSPS) is 17.6. The zero-order chi connectivity index (χ0) is 28.7. The van der Waals surface area contributed by atoms with Crippen LogP contribution in [0, 0.1) is 0 Å². The molecule has 9 heteroatoms. The Morgan fingerprint density at radius 3 is 2.00 bits per heavy atom. The van der Waals surface area contributed by atoms with Crippen molar-refractivity contribution in [3.05, 3.63) is 124 Å². The van der Waals surface area contributed by atoms with Gasteiger partial charge in [-0.3, -0.25) is 4.90 Å². The van der Waals surface area contributed by atoms with Crippen molar-refractivity contribution in [1.29, 1.82) is 0 Å². The highest BCUT2D eigenvalue weighted by Gasteiger charge is 2.49. The average molecular weight is 594 g/mol. The molecule has 2 heterocycles. The van der Waals surface area contributed by atoms with E-state index >= 15 is 0 Å². The third-order valence-corrected chi connectivity index (χ3v) is 7.44. The summed E-state index contributed by atoms with van der Waals surface area (Å²) in [5, 5.41) is 1.26. The van der Waals surface area contributed by atoms with Crippen molar-refractivity contribution in [3.8, 4) is 0 Å². The van der Waals surface area contributed by atoms with Gasteiger partial charge in [0.05, 0.1) is 13.2 Å². The topological polar surface area (TPSA) is 68.3 Å². The lowest BCUT2D eigenvalue weighted by Crippen LogP contribution is -2.66. The molecule has 0 amide bonds. The van der Waals surface area contributed by atoms with Gasteiger partial charge in [0, 0.05) is 48.4 Å². The van der Waals surface area contributed by atoms with Crippen molar-refractivity contribution in [3.63, 3.8) is 0 Å². The Balaban J connectivity index is 1.30. The van der Waals surface area contributed by atoms with E-state index in [0.29, 0.717) is 36.2 Å². The SMILES string of the molecule is O=C1C=CC(=O)OC2(CN(C/C=C/c3ccccc3)CCN2CCOC(c2ccc(Cl)cc2)c2ccc(Cl)cc2)O1. The van der Waals surface area contributed by atoms with Crippen LogP contribution in [-0.2, 0) is 23.8 Å². The van der Waals surface area contributed by atoms with Gasteiger partial charge >= 0.3 is 17.8 Å². The summed E-state index contributed by atoms with van der Waals surface area (Å²) in [5.41, 5.74) is 2.95. The molecule has 5 rings (SSSR count). The minimum atomic E-state index is -1.57. The molecule has 2 aliphatic rings. The summed E-state index contributed by atoms with van der Waals surface area (Å²) in [4.78, 5) is 29.0. The van der Waals surface area contributed by atoms with E-state index in [1.807, 2.05) is 95.9 Å². The number of hydrogen-bond acceptors (Lipinski definition) is 7. The number of hydrogen-bond donors (Lipinski definition) is 0. The maximum Gasteiger partial charge on any atom is 0.335 e. The predicted molar refractivity (Wildman–Crippen MR) is 158 cm³/mol. The summed E-state index contributed by atoms with van der Waals surface area (Å²) in [6.45, 7) is 2.60. The third-order valence-electron chi connectivity index (χ3n) is 6.93. The summed E-state index contributed by atoms with van der Waals surface area (Å²) in [5.74, 6) is -2.84. The summed E-state index contributed by atoms with van der Waals surface area (Å²) in [6.07, 6.45) is 5.89. The van der Waals surface area contributed by atoms with Gasteiger partial charge in [-0.2, -0.15) is 0 Å². The van der Waals surface area contributed by atoms with Gasteiger partial charge in [0.2, 0.25) is 0 Å². The van der Waals surface area contributed by atoms with E-state index in [9.17, 15) is 9.59 Å².